The van der Waals surface area contributed by atoms with Crippen molar-refractivity contribution in [3.63, 3.8) is 0 Å². The molecule has 0 saturated carbocycles. The van der Waals surface area contributed by atoms with E-state index in [1.165, 1.54) is 38.7 Å². The Morgan fingerprint density at radius 1 is 0.635 bits per heavy atom. The monoisotopic (exact) mass is 1170 g/mol. The number of nitrogens with one attached hydrogen (secondary N) is 5. The first-order chi connectivity index (χ1) is 41.0. The van der Waals surface area contributed by atoms with Crippen LogP contribution in [0.25, 0.3) is 21.5 Å². The molecule has 7 rings (SSSR count). The Morgan fingerprint density at radius 3 is 1.95 bits per heavy atom. The quantitative estimate of drug-likeness (QED) is 0.0131. The summed E-state index contributed by atoms with van der Waals surface area (Å²) in [7, 11) is -3.98. The van der Waals surface area contributed by atoms with Gasteiger partial charge in [-0.15, -0.1) is 0 Å². The number of allylic oxidation sites excluding steroid dienone is 8. The van der Waals surface area contributed by atoms with Crippen LogP contribution in [0.3, 0.4) is 0 Å². The molecule has 85 heavy (non-hydrogen) atoms. The Balaban J connectivity index is 0.813. The third kappa shape index (κ3) is 20.1. The van der Waals surface area contributed by atoms with Crippen LogP contribution in [0.4, 0.5) is 16.2 Å². The summed E-state index contributed by atoms with van der Waals surface area (Å²) in [4.78, 5) is 53.8. The molecule has 1 aliphatic rings. The lowest BCUT2D eigenvalue weighted by Crippen LogP contribution is -2.50. The highest BCUT2D eigenvalue weighted by Crippen LogP contribution is 2.51. The highest BCUT2D eigenvalue weighted by molar-refractivity contribution is 7.85. The molecule has 6 aromatic carbocycles. The fourth-order valence-corrected chi connectivity index (χ4v) is 11.7. The maximum Gasteiger partial charge on any atom is 0.408 e. The second-order valence-electron chi connectivity index (χ2n) is 23.0. The third-order valence-electron chi connectivity index (χ3n) is 15.5. The fraction of sp³-hybridized carbons (Fsp3) is 0.371. The molecular weight excluding hydrogens is 1080 g/mol. The van der Waals surface area contributed by atoms with Crippen LogP contribution in [0.5, 0.6) is 0 Å². The zero-order valence-corrected chi connectivity index (χ0v) is 50.7. The number of rotatable bonds is 33. The summed E-state index contributed by atoms with van der Waals surface area (Å²) in [5.41, 5.74) is 7.26. The molecule has 6 aromatic rings. The van der Waals surface area contributed by atoms with Crippen molar-refractivity contribution in [1.82, 2.24) is 21.3 Å². The maximum absolute atomic E-state index is 13.2. The summed E-state index contributed by atoms with van der Waals surface area (Å²) >= 11 is 0. The minimum Gasteiger partial charge on any atom is -0.445 e. The van der Waals surface area contributed by atoms with E-state index in [2.05, 4.69) is 168 Å². The molecule has 0 fully saturated rings. The number of ether oxygens (including phenoxy) is 1. The molecule has 0 aliphatic carbocycles. The molecule has 0 aromatic heterocycles. The summed E-state index contributed by atoms with van der Waals surface area (Å²) in [6, 6.07) is 43.3. The van der Waals surface area contributed by atoms with Crippen LogP contribution < -0.4 is 31.5 Å². The number of amides is 4. The van der Waals surface area contributed by atoms with E-state index < -0.39 is 28.2 Å². The van der Waals surface area contributed by atoms with E-state index in [1.54, 1.807) is 0 Å². The van der Waals surface area contributed by atoms with Crippen molar-refractivity contribution in [1.29, 1.82) is 0 Å². The van der Waals surface area contributed by atoms with E-state index in [4.69, 9.17) is 9.29 Å². The SMILES string of the molecule is CC(C)(C/C=C/C=C/C=C/C=C1\N(CCCCCC(=O)NCCCCCCNC(=O)CNC(=O)[C@H](Cc2ccccc2)NC(=O)OCc2ccccc2)c2ccc3ccccc3c2C1(C)C)c1c(NCCCCS(=O)(=O)O)ccc2ccccc12. The molecule has 0 radical (unpaired) electrons. The second-order valence-corrected chi connectivity index (χ2v) is 24.6. The van der Waals surface area contributed by atoms with E-state index in [9.17, 15) is 27.6 Å². The van der Waals surface area contributed by atoms with E-state index in [0.29, 0.717) is 38.9 Å². The fourth-order valence-electron chi connectivity index (χ4n) is 11.1. The van der Waals surface area contributed by atoms with E-state index in [0.717, 1.165) is 80.1 Å². The maximum atomic E-state index is 13.2. The zero-order chi connectivity index (χ0) is 60.5. The van der Waals surface area contributed by atoms with Gasteiger partial charge in [0.25, 0.3) is 10.1 Å². The van der Waals surface area contributed by atoms with Crippen molar-refractivity contribution in [3.05, 3.63) is 204 Å². The van der Waals surface area contributed by atoms with Crippen LogP contribution in [0, 0.1) is 0 Å². The van der Waals surface area contributed by atoms with Gasteiger partial charge in [0.1, 0.15) is 12.6 Å². The van der Waals surface area contributed by atoms with Gasteiger partial charge in [-0.05, 0) is 112 Å². The lowest BCUT2D eigenvalue weighted by Gasteiger charge is -2.29. The van der Waals surface area contributed by atoms with Gasteiger partial charge >= 0.3 is 6.09 Å². The number of hydrogen-bond donors (Lipinski definition) is 6. The molecule has 1 atom stereocenters. The van der Waals surface area contributed by atoms with Crippen molar-refractivity contribution >= 4 is 66.9 Å². The molecule has 0 unspecified atom stereocenters. The van der Waals surface area contributed by atoms with Gasteiger partial charge in [0, 0.05) is 61.5 Å². The van der Waals surface area contributed by atoms with Gasteiger partial charge in [-0.25, -0.2) is 4.79 Å². The van der Waals surface area contributed by atoms with E-state index in [1.807, 2.05) is 66.7 Å². The number of benzene rings is 6. The topological polar surface area (TPSA) is 195 Å². The Labute approximate surface area is 503 Å². The molecule has 0 bridgehead atoms. The van der Waals surface area contributed by atoms with Crippen LogP contribution in [-0.2, 0) is 53.1 Å². The molecule has 0 spiro atoms. The standard InChI is InChI=1S/C70H86N6O8S/c1-69(2,65-57-36-22-20-34-55(57)40-42-59(65)71-45-27-29-49-85(81,82)83)44-24-8-6-5-7-18-38-62-70(3,4)66-58-37-23-21-35-56(58)41-43-61(66)76(62)48-28-13-19-39-63(77)72-46-25-9-10-26-47-73-64(78)51-74-67(79)60(50-53-30-14-11-15-31-53)75-68(80)84-52-54-32-16-12-17-33-54/h5-8,11-12,14-18,20-24,30-38,40-43,60,71H,9-10,13,19,25-29,39,44-52H2,1-4H3,(H,72,77)(H,73,78)(H,74,79)(H,75,80)(H,81,82,83)/b6-5+,18-7+,24-8+,62-38-/t60-/m0/s1. The Hall–Kier alpha value is -8.01. The smallest absolute Gasteiger partial charge is 0.408 e. The molecule has 0 saturated heterocycles. The highest BCUT2D eigenvalue weighted by Gasteiger charge is 2.41. The lowest BCUT2D eigenvalue weighted by molar-refractivity contribution is -0.127. The number of anilines is 2. The van der Waals surface area contributed by atoms with Crippen LogP contribution in [-0.4, -0.2) is 81.3 Å². The molecule has 6 N–H and O–H groups in total. The molecule has 1 heterocycles. The van der Waals surface area contributed by atoms with Crippen LogP contribution >= 0.6 is 0 Å². The molecule has 4 amide bonds. The summed E-state index contributed by atoms with van der Waals surface area (Å²) < 4.78 is 37.0. The first-order valence-corrected chi connectivity index (χ1v) is 31.6. The second kappa shape index (κ2) is 32.3. The summed E-state index contributed by atoms with van der Waals surface area (Å²) in [5.74, 6) is -0.980. The average Bonchev–Trinajstić information content (AvgIpc) is 1.79. The Morgan fingerprint density at radius 2 is 1.24 bits per heavy atom. The summed E-state index contributed by atoms with van der Waals surface area (Å²) in [6.07, 6.45) is 22.7. The minimum absolute atomic E-state index is 0.0633. The average molecular weight is 1170 g/mol. The van der Waals surface area contributed by atoms with Crippen molar-refractivity contribution in [2.24, 2.45) is 0 Å². The first-order valence-electron chi connectivity index (χ1n) is 30.0. The van der Waals surface area contributed by atoms with E-state index >= 15 is 0 Å². The van der Waals surface area contributed by atoms with Gasteiger partial charge in [0.15, 0.2) is 0 Å². The predicted molar refractivity (Wildman–Crippen MR) is 345 cm³/mol. The highest BCUT2D eigenvalue weighted by atomic mass is 32.2. The van der Waals surface area contributed by atoms with Gasteiger partial charge in [-0.3, -0.25) is 18.9 Å². The Kier molecular flexibility index (Phi) is 24.5. The summed E-state index contributed by atoms with van der Waals surface area (Å²) in [5, 5.41) is 19.6. The number of nitrogens with zero attached hydrogens (tertiary/aromatic N) is 1. The Bertz CT molecular complexity index is 3410. The van der Waals surface area contributed by atoms with Crippen molar-refractivity contribution in [2.75, 3.05) is 48.7 Å². The van der Waals surface area contributed by atoms with Crippen LogP contribution in [0.1, 0.15) is 121 Å². The van der Waals surface area contributed by atoms with Crippen LogP contribution in [0.2, 0.25) is 0 Å². The number of carbonyl (C=O) groups is 4. The van der Waals surface area contributed by atoms with Crippen LogP contribution in [0.15, 0.2) is 182 Å². The van der Waals surface area contributed by atoms with Crippen molar-refractivity contribution in [2.45, 2.75) is 128 Å². The normalized spacial score (nSPS) is 14.1. The molecule has 1 aliphatic heterocycles. The number of unbranched alkanes of at least 4 members (excludes halogenated alkanes) is 6. The van der Waals surface area contributed by atoms with Gasteiger partial charge < -0.3 is 36.2 Å². The van der Waals surface area contributed by atoms with Crippen molar-refractivity contribution < 1.29 is 36.9 Å². The number of alkyl carbamates (subject to hydrolysis) is 1. The number of carbonyl (C=O) groups excluding carboxylic acids is 4. The van der Waals surface area contributed by atoms with Gasteiger partial charge in [-0.2, -0.15) is 8.42 Å². The number of hydrogen-bond acceptors (Lipinski definition) is 9. The zero-order valence-electron chi connectivity index (χ0n) is 49.9. The molecule has 15 heteroatoms. The van der Waals surface area contributed by atoms with Gasteiger partial charge in [0.2, 0.25) is 17.7 Å². The molecule has 450 valence electrons. The molecule has 14 nitrogen and oxygen atoms in total. The third-order valence-corrected chi connectivity index (χ3v) is 16.3. The molecular formula is C70H86N6O8S. The number of fused-ring (bicyclic) bond motifs is 4. The largest absolute Gasteiger partial charge is 0.445 e. The predicted octanol–water partition coefficient (Wildman–Crippen LogP) is 13.1. The lowest BCUT2D eigenvalue weighted by atomic mass is 9.78. The van der Waals surface area contributed by atoms with Crippen molar-refractivity contribution in [3.8, 4) is 0 Å². The van der Waals surface area contributed by atoms with Gasteiger partial charge in [-0.1, -0.05) is 205 Å². The minimum atomic E-state index is -3.98. The summed E-state index contributed by atoms with van der Waals surface area (Å²) in [6.45, 7) is 11.5. The van der Waals surface area contributed by atoms with E-state index in [-0.39, 0.29) is 48.0 Å². The van der Waals surface area contributed by atoms with Gasteiger partial charge in [0.05, 0.1) is 12.3 Å². The first kappa shape index (κ1) is 64.5.